The van der Waals surface area contributed by atoms with Gasteiger partial charge >= 0.3 is 0 Å². The molecule has 0 aromatic heterocycles. The summed E-state index contributed by atoms with van der Waals surface area (Å²) in [6.07, 6.45) is 4.10. The Hall–Kier alpha value is -2.91. The van der Waals surface area contributed by atoms with E-state index in [-0.39, 0.29) is 0 Å². The fraction of sp³-hybridized carbons (Fsp3) is 0.154. The van der Waals surface area contributed by atoms with Crippen molar-refractivity contribution < 1.29 is 8.42 Å². The number of rotatable bonds is 5. The van der Waals surface area contributed by atoms with Crippen LogP contribution in [0.2, 0.25) is 0 Å². The van der Waals surface area contributed by atoms with Crippen LogP contribution in [0.15, 0.2) is 100 Å². The van der Waals surface area contributed by atoms with E-state index in [1.165, 1.54) is 11.1 Å². The van der Waals surface area contributed by atoms with Crippen LogP contribution >= 0.6 is 0 Å². The van der Waals surface area contributed by atoms with Gasteiger partial charge in [0.2, 0.25) is 9.84 Å². The Kier molecular flexibility index (Phi) is 6.19. The van der Waals surface area contributed by atoms with E-state index >= 15 is 0 Å². The zero-order chi connectivity index (χ0) is 21.0. The predicted molar refractivity (Wildman–Crippen MR) is 122 cm³/mol. The molecular weight excluding hydrogens is 376 g/mol. The summed E-state index contributed by atoms with van der Waals surface area (Å²) in [6.45, 7) is 8.16. The molecule has 0 N–H and O–H groups in total. The Bertz CT molecular complexity index is 1140. The van der Waals surface area contributed by atoms with Crippen molar-refractivity contribution in [2.45, 2.75) is 37.5 Å². The third kappa shape index (κ3) is 4.93. The van der Waals surface area contributed by atoms with Gasteiger partial charge < -0.3 is 0 Å². The molecule has 0 spiro atoms. The average molecular weight is 403 g/mol. The zero-order valence-corrected chi connectivity index (χ0v) is 18.1. The van der Waals surface area contributed by atoms with Gasteiger partial charge in [0.25, 0.3) is 0 Å². The summed E-state index contributed by atoms with van der Waals surface area (Å²) in [6, 6.07) is 22.3. The molecule has 3 aromatic carbocycles. The second kappa shape index (κ2) is 8.62. The fourth-order valence-electron chi connectivity index (χ4n) is 2.99. The van der Waals surface area contributed by atoms with Crippen LogP contribution in [-0.4, -0.2) is 8.42 Å². The number of sulfone groups is 1. The molecule has 29 heavy (non-hydrogen) atoms. The topological polar surface area (TPSA) is 34.1 Å². The van der Waals surface area contributed by atoms with Gasteiger partial charge in [0, 0.05) is 0 Å². The Labute approximate surface area is 174 Å². The lowest BCUT2D eigenvalue weighted by molar-refractivity contribution is 0.596. The summed E-state index contributed by atoms with van der Waals surface area (Å²) >= 11 is 0. The maximum Gasteiger partial charge on any atom is 0.206 e. The summed E-state index contributed by atoms with van der Waals surface area (Å²) in [5, 5.41) is 0. The first-order chi connectivity index (χ1) is 13.8. The van der Waals surface area contributed by atoms with Crippen LogP contribution in [0.3, 0.4) is 0 Å². The Morgan fingerprint density at radius 2 is 1.10 bits per heavy atom. The highest BCUT2D eigenvalue weighted by Gasteiger charge is 2.17. The monoisotopic (exact) mass is 402 g/mol. The van der Waals surface area contributed by atoms with E-state index in [4.69, 9.17) is 0 Å². The second-order valence-electron chi connectivity index (χ2n) is 7.51. The predicted octanol–water partition coefficient (Wildman–Crippen LogP) is 6.86. The van der Waals surface area contributed by atoms with Crippen molar-refractivity contribution in [1.29, 1.82) is 0 Å². The van der Waals surface area contributed by atoms with E-state index in [2.05, 4.69) is 18.2 Å². The van der Waals surface area contributed by atoms with E-state index in [0.717, 1.165) is 22.3 Å². The highest BCUT2D eigenvalue weighted by molar-refractivity contribution is 7.91. The minimum Gasteiger partial charge on any atom is -0.219 e. The highest BCUT2D eigenvalue weighted by atomic mass is 32.2. The number of benzene rings is 3. The van der Waals surface area contributed by atoms with E-state index in [1.54, 1.807) is 24.3 Å². The number of hydrogen-bond donors (Lipinski definition) is 0. The molecule has 0 heterocycles. The number of hydrogen-bond acceptors (Lipinski definition) is 2. The molecule has 3 rings (SSSR count). The largest absolute Gasteiger partial charge is 0.219 e. The van der Waals surface area contributed by atoms with Crippen molar-refractivity contribution in [3.05, 3.63) is 102 Å². The fourth-order valence-corrected chi connectivity index (χ4v) is 4.25. The van der Waals surface area contributed by atoms with Gasteiger partial charge in [0.1, 0.15) is 0 Å². The smallest absolute Gasteiger partial charge is 0.206 e. The van der Waals surface area contributed by atoms with Crippen molar-refractivity contribution in [1.82, 2.24) is 0 Å². The van der Waals surface area contributed by atoms with Crippen LogP contribution in [-0.2, 0) is 9.84 Å². The van der Waals surface area contributed by atoms with Crippen LogP contribution in [0, 0.1) is 6.92 Å². The first-order valence-electron chi connectivity index (χ1n) is 9.62. The molecule has 0 saturated carbocycles. The van der Waals surface area contributed by atoms with Gasteiger partial charge in [-0.25, -0.2) is 8.42 Å². The average Bonchev–Trinajstić information content (AvgIpc) is 2.72. The quantitative estimate of drug-likeness (QED) is 0.437. The van der Waals surface area contributed by atoms with Crippen molar-refractivity contribution >= 4 is 15.4 Å². The molecule has 0 fully saturated rings. The van der Waals surface area contributed by atoms with E-state index in [9.17, 15) is 8.42 Å². The van der Waals surface area contributed by atoms with Gasteiger partial charge in [-0.05, 0) is 74.2 Å². The standard InChI is InChI=1S/C26H26O2S/c1-19(2)5-8-21(4)22-11-15-25(16-12-22)29(27,28)26-17-13-24(14-18-26)23-9-6-20(3)7-10-23/h5-18H,1-4H3/b21-8+. The lowest BCUT2D eigenvalue weighted by Gasteiger charge is -2.08. The van der Waals surface area contributed by atoms with Crippen LogP contribution in [0.25, 0.3) is 16.7 Å². The molecule has 148 valence electrons. The number of aryl methyl sites for hydroxylation is 1. The highest BCUT2D eigenvalue weighted by Crippen LogP contribution is 2.26. The van der Waals surface area contributed by atoms with Crippen molar-refractivity contribution in [2.75, 3.05) is 0 Å². The molecule has 0 atom stereocenters. The zero-order valence-electron chi connectivity index (χ0n) is 17.3. The lowest BCUT2D eigenvalue weighted by atomic mass is 10.0. The van der Waals surface area contributed by atoms with E-state index < -0.39 is 9.84 Å². The SMILES string of the molecule is CC(C)=C/C=C(\C)c1ccc(S(=O)(=O)c2ccc(-c3ccc(C)cc3)cc2)cc1. The summed E-state index contributed by atoms with van der Waals surface area (Å²) in [5.41, 5.74) is 6.59. The first-order valence-corrected chi connectivity index (χ1v) is 11.1. The molecule has 0 unspecified atom stereocenters. The van der Waals surface area contributed by atoms with E-state index in [1.807, 2.05) is 70.2 Å². The third-order valence-corrected chi connectivity index (χ3v) is 6.62. The molecule has 0 aliphatic heterocycles. The second-order valence-corrected chi connectivity index (χ2v) is 9.46. The first kappa shape index (κ1) is 20.8. The third-order valence-electron chi connectivity index (χ3n) is 4.84. The van der Waals surface area contributed by atoms with Crippen LogP contribution in [0.4, 0.5) is 0 Å². The summed E-state index contributed by atoms with van der Waals surface area (Å²) in [7, 11) is -3.54. The van der Waals surface area contributed by atoms with Crippen LogP contribution in [0.5, 0.6) is 0 Å². The minimum atomic E-state index is -3.54. The van der Waals surface area contributed by atoms with Gasteiger partial charge in [-0.2, -0.15) is 0 Å². The van der Waals surface area contributed by atoms with Crippen LogP contribution < -0.4 is 0 Å². The van der Waals surface area contributed by atoms with E-state index in [0.29, 0.717) is 9.79 Å². The van der Waals surface area contributed by atoms with Gasteiger partial charge in [-0.1, -0.05) is 71.8 Å². The van der Waals surface area contributed by atoms with Crippen molar-refractivity contribution in [3.8, 4) is 11.1 Å². The molecule has 0 radical (unpaired) electrons. The Morgan fingerprint density at radius 3 is 1.59 bits per heavy atom. The van der Waals surface area contributed by atoms with Crippen molar-refractivity contribution in [2.24, 2.45) is 0 Å². The molecule has 3 heteroatoms. The normalized spacial score (nSPS) is 11.9. The molecule has 2 nitrogen and oxygen atoms in total. The molecule has 0 aliphatic carbocycles. The summed E-state index contributed by atoms with van der Waals surface area (Å²) in [5.74, 6) is 0. The summed E-state index contributed by atoms with van der Waals surface area (Å²) < 4.78 is 26.0. The molecule has 0 bridgehead atoms. The Morgan fingerprint density at radius 1 is 0.655 bits per heavy atom. The minimum absolute atomic E-state index is 0.304. The summed E-state index contributed by atoms with van der Waals surface area (Å²) in [4.78, 5) is 0.609. The number of allylic oxidation sites excluding steroid dienone is 4. The molecule has 3 aromatic rings. The maximum atomic E-state index is 13.0. The van der Waals surface area contributed by atoms with Gasteiger partial charge in [0.05, 0.1) is 9.79 Å². The Balaban J connectivity index is 1.86. The van der Waals surface area contributed by atoms with Gasteiger partial charge in [0.15, 0.2) is 0 Å². The molecule has 0 amide bonds. The van der Waals surface area contributed by atoms with Crippen molar-refractivity contribution in [3.63, 3.8) is 0 Å². The van der Waals surface area contributed by atoms with Gasteiger partial charge in [-0.3, -0.25) is 0 Å². The lowest BCUT2D eigenvalue weighted by Crippen LogP contribution is -2.02. The van der Waals surface area contributed by atoms with Gasteiger partial charge in [-0.15, -0.1) is 0 Å². The molecule has 0 aliphatic rings. The molecule has 0 saturated heterocycles. The maximum absolute atomic E-state index is 13.0. The molecular formula is C26H26O2S. The van der Waals surface area contributed by atoms with Crippen LogP contribution in [0.1, 0.15) is 31.9 Å².